The number of halogens is 3. The molecular weight excluding hydrogens is 400 g/mol. The lowest BCUT2D eigenvalue weighted by atomic mass is 9.94. The van der Waals surface area contributed by atoms with E-state index in [0.29, 0.717) is 5.75 Å². The summed E-state index contributed by atoms with van der Waals surface area (Å²) in [7, 11) is -3.41. The normalized spacial score (nSPS) is 19.8. The number of methoxy groups -OCH3 is 1. The number of carbonyl (C=O) groups is 1. The largest absolute Gasteiger partial charge is 0.497 e. The Kier molecular flexibility index (Phi) is 5.14. The molecule has 2 aromatic carbocycles. The monoisotopic (exact) mass is 415 g/mol. The number of ether oxygens (including phenoxy) is 1. The summed E-state index contributed by atoms with van der Waals surface area (Å²) in [5, 5.41) is -1.13. The second-order valence-corrected chi connectivity index (χ2v) is 8.59. The Morgan fingerprint density at radius 1 is 1.30 bits per heavy atom. The maximum absolute atomic E-state index is 14.3. The molecule has 0 bridgehead atoms. The molecule has 5 nitrogen and oxygen atoms in total. The Bertz CT molecular complexity index is 995. The maximum Gasteiger partial charge on any atom is 0.350 e. The van der Waals surface area contributed by atoms with E-state index in [4.69, 9.17) is 16.3 Å². The van der Waals surface area contributed by atoms with Gasteiger partial charge in [0.25, 0.3) is 5.91 Å². The summed E-state index contributed by atoms with van der Waals surface area (Å²) in [6.07, 6.45) is -0.932. The number of carbonyl (C=O) groups excluding carboxylic acids is 1. The Hall–Kier alpha value is -2.19. The number of hydrogen-bond donors (Lipinski definition) is 1. The minimum atomic E-state index is -4.80. The van der Waals surface area contributed by atoms with Crippen molar-refractivity contribution in [1.82, 2.24) is 5.32 Å². The molecule has 1 N–H and O–H groups in total. The molecule has 0 saturated heterocycles. The summed E-state index contributed by atoms with van der Waals surface area (Å²) < 4.78 is 57.9. The highest BCUT2D eigenvalue weighted by molar-refractivity contribution is 7.92. The Balaban J connectivity index is 1.92. The number of rotatable bonds is 4. The van der Waals surface area contributed by atoms with Gasteiger partial charge in [0.15, 0.2) is 0 Å². The van der Waals surface area contributed by atoms with Gasteiger partial charge in [0.1, 0.15) is 5.75 Å². The van der Waals surface area contributed by atoms with Crippen LogP contribution in [0.5, 0.6) is 5.75 Å². The fourth-order valence-electron chi connectivity index (χ4n) is 3.02. The third-order valence-corrected chi connectivity index (χ3v) is 6.68. The van der Waals surface area contributed by atoms with Crippen LogP contribution < -0.4 is 10.1 Å². The molecule has 3 rings (SSSR count). The summed E-state index contributed by atoms with van der Waals surface area (Å²) in [5.74, 6) is -1.08. The van der Waals surface area contributed by atoms with Crippen LogP contribution in [0.15, 0.2) is 47.4 Å². The zero-order valence-electron chi connectivity index (χ0n) is 14.2. The van der Waals surface area contributed by atoms with Crippen molar-refractivity contribution in [2.75, 3.05) is 13.7 Å². The minimum Gasteiger partial charge on any atom is -0.497 e. The Morgan fingerprint density at radius 3 is 2.67 bits per heavy atom. The van der Waals surface area contributed by atoms with Gasteiger partial charge in [-0.1, -0.05) is 23.7 Å². The van der Waals surface area contributed by atoms with E-state index in [0.717, 1.165) is 6.07 Å². The minimum absolute atomic E-state index is 0.171. The number of alkyl halides is 2. The summed E-state index contributed by atoms with van der Waals surface area (Å²) in [6.45, 7) is -0.171. The maximum atomic E-state index is 14.3. The standard InChI is InChI=1S/C18H16ClF2NO4S/c1-26-12-6-7-16-14(8-12)11(9-18(20,21)27(16,24)25)10-22-17(23)13-4-2-3-5-15(13)19/h2-8,11H,9-10H2,1H3,(H,22,23). The lowest BCUT2D eigenvalue weighted by molar-refractivity contribution is 0.0675. The predicted molar refractivity (Wildman–Crippen MR) is 96.3 cm³/mol. The second-order valence-electron chi connectivity index (χ2n) is 6.14. The van der Waals surface area contributed by atoms with Gasteiger partial charge in [-0.25, -0.2) is 8.42 Å². The highest BCUT2D eigenvalue weighted by Gasteiger charge is 2.53. The first-order valence-electron chi connectivity index (χ1n) is 8.00. The number of amides is 1. The molecule has 1 atom stereocenters. The van der Waals surface area contributed by atoms with E-state index < -0.39 is 38.2 Å². The van der Waals surface area contributed by atoms with Gasteiger partial charge in [-0.05, 0) is 35.9 Å². The van der Waals surface area contributed by atoms with E-state index in [1.807, 2.05) is 0 Å². The van der Waals surface area contributed by atoms with Crippen LogP contribution in [0.2, 0.25) is 5.02 Å². The molecule has 0 aliphatic carbocycles. The van der Waals surface area contributed by atoms with Crippen LogP contribution in [-0.4, -0.2) is 33.2 Å². The van der Waals surface area contributed by atoms with Crippen LogP contribution in [0.1, 0.15) is 28.3 Å². The van der Waals surface area contributed by atoms with Crippen LogP contribution in [0.25, 0.3) is 0 Å². The predicted octanol–water partition coefficient (Wildman–Crippen LogP) is 3.63. The van der Waals surface area contributed by atoms with Crippen molar-refractivity contribution in [3.63, 3.8) is 0 Å². The first kappa shape index (κ1) is 19.6. The van der Waals surface area contributed by atoms with Gasteiger partial charge in [0.05, 0.1) is 22.6 Å². The van der Waals surface area contributed by atoms with Crippen molar-refractivity contribution in [2.24, 2.45) is 0 Å². The molecule has 9 heteroatoms. The molecule has 1 aliphatic heterocycles. The Labute approximate surface area is 160 Å². The SMILES string of the molecule is COc1ccc2c(c1)C(CNC(=O)c1ccccc1Cl)CC(F)(F)S2(=O)=O. The summed E-state index contributed by atoms with van der Waals surface area (Å²) in [4.78, 5) is 11.9. The fraction of sp³-hybridized carbons (Fsp3) is 0.278. The summed E-state index contributed by atoms with van der Waals surface area (Å²) in [5.41, 5.74) is 0.403. The lowest BCUT2D eigenvalue weighted by Crippen LogP contribution is -2.40. The quantitative estimate of drug-likeness (QED) is 0.827. The van der Waals surface area contributed by atoms with E-state index in [1.54, 1.807) is 12.1 Å². The summed E-state index contributed by atoms with van der Waals surface area (Å²) >= 11 is 5.97. The van der Waals surface area contributed by atoms with Crippen molar-refractivity contribution in [3.05, 3.63) is 58.6 Å². The average Bonchev–Trinajstić information content (AvgIpc) is 2.63. The van der Waals surface area contributed by atoms with Gasteiger partial charge in [-0.3, -0.25) is 4.79 Å². The van der Waals surface area contributed by atoms with Gasteiger partial charge < -0.3 is 10.1 Å². The van der Waals surface area contributed by atoms with E-state index in [9.17, 15) is 22.0 Å². The molecule has 1 unspecified atom stereocenters. The number of benzene rings is 2. The highest BCUT2D eigenvalue weighted by atomic mass is 35.5. The lowest BCUT2D eigenvalue weighted by Gasteiger charge is -2.31. The van der Waals surface area contributed by atoms with Crippen LogP contribution in [0.4, 0.5) is 8.78 Å². The third kappa shape index (κ3) is 3.51. The van der Waals surface area contributed by atoms with E-state index in [-0.39, 0.29) is 22.7 Å². The molecule has 0 radical (unpaired) electrons. The molecule has 1 amide bonds. The number of fused-ring (bicyclic) bond motifs is 1. The van der Waals surface area contributed by atoms with Crippen LogP contribution in [0, 0.1) is 0 Å². The van der Waals surface area contributed by atoms with Gasteiger partial charge in [-0.15, -0.1) is 0 Å². The number of hydrogen-bond acceptors (Lipinski definition) is 4. The zero-order chi connectivity index (χ0) is 19.8. The first-order valence-corrected chi connectivity index (χ1v) is 9.86. The van der Waals surface area contributed by atoms with Crippen molar-refractivity contribution in [1.29, 1.82) is 0 Å². The van der Waals surface area contributed by atoms with Crippen molar-refractivity contribution < 1.29 is 26.7 Å². The van der Waals surface area contributed by atoms with Gasteiger partial charge in [0.2, 0.25) is 9.84 Å². The Morgan fingerprint density at radius 2 is 2.00 bits per heavy atom. The molecule has 0 fully saturated rings. The number of nitrogens with one attached hydrogen (secondary N) is 1. The van der Waals surface area contributed by atoms with Gasteiger partial charge in [-0.2, -0.15) is 8.78 Å². The second kappa shape index (κ2) is 7.09. The number of sulfone groups is 1. The van der Waals surface area contributed by atoms with Gasteiger partial charge >= 0.3 is 5.25 Å². The van der Waals surface area contributed by atoms with Crippen LogP contribution >= 0.6 is 11.6 Å². The molecule has 27 heavy (non-hydrogen) atoms. The topological polar surface area (TPSA) is 72.5 Å². The summed E-state index contributed by atoms with van der Waals surface area (Å²) in [6, 6.07) is 10.2. The van der Waals surface area contributed by atoms with E-state index >= 15 is 0 Å². The van der Waals surface area contributed by atoms with Crippen LogP contribution in [-0.2, 0) is 9.84 Å². The van der Waals surface area contributed by atoms with Crippen molar-refractivity contribution in [3.8, 4) is 5.75 Å². The molecular formula is C18H16ClF2NO4S. The molecule has 0 aromatic heterocycles. The highest BCUT2D eigenvalue weighted by Crippen LogP contribution is 2.46. The average molecular weight is 416 g/mol. The fourth-order valence-corrected chi connectivity index (χ4v) is 4.77. The molecule has 0 saturated carbocycles. The molecule has 144 valence electrons. The van der Waals surface area contributed by atoms with E-state index in [1.165, 1.54) is 31.4 Å². The van der Waals surface area contributed by atoms with Crippen LogP contribution in [0.3, 0.4) is 0 Å². The van der Waals surface area contributed by atoms with Crippen molar-refractivity contribution in [2.45, 2.75) is 22.5 Å². The molecule has 0 spiro atoms. The third-order valence-electron chi connectivity index (χ3n) is 4.45. The van der Waals surface area contributed by atoms with Crippen molar-refractivity contribution >= 4 is 27.3 Å². The molecule has 1 aliphatic rings. The van der Waals surface area contributed by atoms with E-state index in [2.05, 4.69) is 5.32 Å². The molecule has 2 aromatic rings. The van der Waals surface area contributed by atoms with Gasteiger partial charge in [0, 0.05) is 18.9 Å². The smallest absolute Gasteiger partial charge is 0.350 e. The zero-order valence-corrected chi connectivity index (χ0v) is 15.8. The molecule has 1 heterocycles. The first-order chi connectivity index (χ1) is 12.7.